The van der Waals surface area contributed by atoms with E-state index in [2.05, 4.69) is 10.3 Å². The van der Waals surface area contributed by atoms with Crippen molar-refractivity contribution in [2.45, 2.75) is 38.6 Å². The molecule has 1 N–H and O–H groups in total. The Labute approximate surface area is 162 Å². The van der Waals surface area contributed by atoms with E-state index in [1.807, 2.05) is 0 Å². The maximum atomic E-state index is 12.5. The first-order valence-electron chi connectivity index (χ1n) is 9.67. The van der Waals surface area contributed by atoms with Gasteiger partial charge in [0.25, 0.3) is 0 Å². The second kappa shape index (κ2) is 8.29. The third kappa shape index (κ3) is 4.08. The molecule has 4 rings (SSSR count). The normalized spacial score (nSPS) is 14.9. The minimum atomic E-state index is -0.564. The van der Waals surface area contributed by atoms with Gasteiger partial charge in [0.15, 0.2) is 17.2 Å². The van der Waals surface area contributed by atoms with Crippen molar-refractivity contribution in [3.63, 3.8) is 0 Å². The monoisotopic (exact) mass is 381 g/mol. The van der Waals surface area contributed by atoms with Crippen LogP contribution in [0.4, 0.5) is 5.82 Å². The van der Waals surface area contributed by atoms with Crippen LogP contribution < -0.4 is 15.8 Å². The molecule has 1 aliphatic rings. The van der Waals surface area contributed by atoms with Gasteiger partial charge in [-0.2, -0.15) is 0 Å². The van der Waals surface area contributed by atoms with Crippen molar-refractivity contribution in [2.75, 3.05) is 11.9 Å². The Kier molecular flexibility index (Phi) is 5.41. The zero-order valence-corrected chi connectivity index (χ0v) is 15.6. The maximum Gasteiger partial charge on any atom is 0.420 e. The fourth-order valence-corrected chi connectivity index (χ4v) is 3.64. The lowest BCUT2D eigenvalue weighted by molar-refractivity contribution is -0.116. The predicted molar refractivity (Wildman–Crippen MR) is 105 cm³/mol. The second-order valence-electron chi connectivity index (χ2n) is 7.14. The number of carbonyl (C=O) groups is 1. The smallest absolute Gasteiger partial charge is 0.420 e. The maximum absolute atomic E-state index is 12.5. The molecule has 1 saturated carbocycles. The quantitative estimate of drug-likeness (QED) is 0.705. The van der Waals surface area contributed by atoms with E-state index in [1.54, 1.807) is 42.6 Å². The van der Waals surface area contributed by atoms with Gasteiger partial charge < -0.3 is 14.5 Å². The molecule has 1 fully saturated rings. The number of nitrogens with one attached hydrogen (secondary N) is 1. The van der Waals surface area contributed by atoms with E-state index >= 15 is 0 Å². The van der Waals surface area contributed by atoms with E-state index in [0.717, 1.165) is 0 Å². The van der Waals surface area contributed by atoms with Gasteiger partial charge in [-0.25, -0.2) is 9.78 Å². The number of ether oxygens (including phenoxy) is 1. The number of oxazole rings is 1. The Morgan fingerprint density at radius 2 is 2.00 bits per heavy atom. The number of para-hydroxylation sites is 2. The molecular weight excluding hydrogens is 358 g/mol. The lowest BCUT2D eigenvalue weighted by atomic mass is 9.90. The molecule has 3 aromatic rings. The number of hydrogen-bond acceptors (Lipinski definition) is 5. The fourth-order valence-electron chi connectivity index (χ4n) is 3.64. The van der Waals surface area contributed by atoms with Crippen molar-refractivity contribution in [3.05, 3.63) is 53.1 Å². The van der Waals surface area contributed by atoms with Gasteiger partial charge >= 0.3 is 5.76 Å². The number of benzene rings is 1. The van der Waals surface area contributed by atoms with Crippen LogP contribution in [-0.2, 0) is 11.3 Å². The SMILES string of the molecule is O=C(Cn1c(=O)oc2ccccc21)Nc1ncccc1OCC1CCCCC1. The summed E-state index contributed by atoms with van der Waals surface area (Å²) in [6, 6.07) is 10.6. The fraction of sp³-hybridized carbons (Fsp3) is 0.381. The Morgan fingerprint density at radius 3 is 2.86 bits per heavy atom. The minimum absolute atomic E-state index is 0.158. The first kappa shape index (κ1) is 18.3. The number of aromatic nitrogens is 2. The largest absolute Gasteiger partial charge is 0.489 e. The minimum Gasteiger partial charge on any atom is -0.489 e. The zero-order chi connectivity index (χ0) is 19.3. The summed E-state index contributed by atoms with van der Waals surface area (Å²) in [4.78, 5) is 28.8. The Hall–Kier alpha value is -3.09. The summed E-state index contributed by atoms with van der Waals surface area (Å²) in [5, 5.41) is 2.75. The number of rotatable bonds is 6. The van der Waals surface area contributed by atoms with E-state index in [9.17, 15) is 9.59 Å². The third-order valence-corrected chi connectivity index (χ3v) is 5.10. The van der Waals surface area contributed by atoms with Gasteiger partial charge in [0.2, 0.25) is 5.91 Å². The highest BCUT2D eigenvalue weighted by molar-refractivity contribution is 5.91. The van der Waals surface area contributed by atoms with Crippen LogP contribution in [0, 0.1) is 5.92 Å². The van der Waals surface area contributed by atoms with E-state index < -0.39 is 5.76 Å². The number of fused-ring (bicyclic) bond motifs is 1. The van der Waals surface area contributed by atoms with Crippen molar-refractivity contribution < 1.29 is 13.9 Å². The summed E-state index contributed by atoms with van der Waals surface area (Å²) < 4.78 is 12.4. The Balaban J connectivity index is 1.44. The highest BCUT2D eigenvalue weighted by Gasteiger charge is 2.17. The van der Waals surface area contributed by atoms with Gasteiger partial charge in [0, 0.05) is 6.20 Å². The lowest BCUT2D eigenvalue weighted by Gasteiger charge is -2.22. The Morgan fingerprint density at radius 1 is 1.18 bits per heavy atom. The van der Waals surface area contributed by atoms with Crippen molar-refractivity contribution in [2.24, 2.45) is 5.92 Å². The van der Waals surface area contributed by atoms with E-state index in [0.29, 0.717) is 35.2 Å². The van der Waals surface area contributed by atoms with Crippen LogP contribution in [-0.4, -0.2) is 22.1 Å². The van der Waals surface area contributed by atoms with Crippen LogP contribution in [0.3, 0.4) is 0 Å². The van der Waals surface area contributed by atoms with Crippen LogP contribution in [0.2, 0.25) is 0 Å². The first-order chi connectivity index (χ1) is 13.7. The van der Waals surface area contributed by atoms with Crippen LogP contribution in [0.25, 0.3) is 11.1 Å². The molecule has 0 aliphatic heterocycles. The first-order valence-corrected chi connectivity index (χ1v) is 9.67. The number of nitrogens with zero attached hydrogens (tertiary/aromatic N) is 2. The standard InChI is InChI=1S/C21H23N3O4/c25-19(13-24-16-9-4-5-10-17(16)28-21(24)26)23-20-18(11-6-12-22-20)27-14-15-7-2-1-3-8-15/h4-6,9-12,15H,1-3,7-8,13-14H2,(H,22,23,25). The molecule has 0 radical (unpaired) electrons. The van der Waals surface area contributed by atoms with Crippen LogP contribution in [0.1, 0.15) is 32.1 Å². The summed E-state index contributed by atoms with van der Waals surface area (Å²) in [6.45, 7) is 0.467. The highest BCUT2D eigenvalue weighted by atomic mass is 16.5. The molecule has 2 heterocycles. The molecule has 7 heteroatoms. The molecule has 1 aliphatic carbocycles. The number of anilines is 1. The molecule has 2 aromatic heterocycles. The topological polar surface area (TPSA) is 86.4 Å². The third-order valence-electron chi connectivity index (χ3n) is 5.10. The van der Waals surface area contributed by atoms with Gasteiger partial charge in [-0.05, 0) is 43.0 Å². The summed E-state index contributed by atoms with van der Waals surface area (Å²) in [5.74, 6) is 0.532. The molecule has 0 bridgehead atoms. The van der Waals surface area contributed by atoms with Crippen molar-refractivity contribution in [1.82, 2.24) is 9.55 Å². The Bertz CT molecular complexity index is 1020. The van der Waals surface area contributed by atoms with Gasteiger partial charge in [0.05, 0.1) is 12.1 Å². The van der Waals surface area contributed by atoms with Crippen molar-refractivity contribution in [3.8, 4) is 5.75 Å². The van der Waals surface area contributed by atoms with Crippen LogP contribution in [0.5, 0.6) is 5.75 Å². The number of carbonyl (C=O) groups excluding carboxylic acids is 1. The zero-order valence-electron chi connectivity index (χ0n) is 15.6. The summed E-state index contributed by atoms with van der Waals surface area (Å²) in [5.41, 5.74) is 1.03. The average molecular weight is 381 g/mol. The van der Waals surface area contributed by atoms with Gasteiger partial charge in [-0.1, -0.05) is 31.4 Å². The molecule has 1 aromatic carbocycles. The van der Waals surface area contributed by atoms with Gasteiger partial charge in [-0.3, -0.25) is 9.36 Å². The van der Waals surface area contributed by atoms with Crippen molar-refractivity contribution in [1.29, 1.82) is 0 Å². The van der Waals surface area contributed by atoms with Crippen LogP contribution >= 0.6 is 0 Å². The number of amides is 1. The molecule has 1 amide bonds. The molecule has 0 atom stereocenters. The van der Waals surface area contributed by atoms with Crippen LogP contribution in [0.15, 0.2) is 51.8 Å². The predicted octanol–water partition coefficient (Wildman–Crippen LogP) is 3.59. The van der Waals surface area contributed by atoms with E-state index in [1.165, 1.54) is 36.7 Å². The number of hydrogen-bond donors (Lipinski definition) is 1. The molecule has 0 spiro atoms. The van der Waals surface area contributed by atoms with Gasteiger partial charge in [-0.15, -0.1) is 0 Å². The molecule has 146 valence electrons. The molecule has 0 saturated heterocycles. The lowest BCUT2D eigenvalue weighted by Crippen LogP contribution is -2.25. The molecular formula is C21H23N3O4. The average Bonchev–Trinajstić information content (AvgIpc) is 3.03. The van der Waals surface area contributed by atoms with Crippen molar-refractivity contribution >= 4 is 22.8 Å². The second-order valence-corrected chi connectivity index (χ2v) is 7.14. The molecule has 0 unspecified atom stereocenters. The van der Waals surface area contributed by atoms with E-state index in [4.69, 9.17) is 9.15 Å². The summed E-state index contributed by atoms with van der Waals surface area (Å²) >= 11 is 0. The summed E-state index contributed by atoms with van der Waals surface area (Å²) in [6.07, 6.45) is 7.75. The highest BCUT2D eigenvalue weighted by Crippen LogP contribution is 2.27. The molecule has 7 nitrogen and oxygen atoms in total. The van der Waals surface area contributed by atoms with Gasteiger partial charge in [0.1, 0.15) is 6.54 Å². The van der Waals surface area contributed by atoms with E-state index in [-0.39, 0.29) is 12.5 Å². The summed E-state index contributed by atoms with van der Waals surface area (Å²) in [7, 11) is 0. The number of pyridine rings is 1. The molecule has 28 heavy (non-hydrogen) atoms.